The van der Waals surface area contributed by atoms with E-state index in [1.807, 2.05) is 39.0 Å². The van der Waals surface area contributed by atoms with Gasteiger partial charge in [0.2, 0.25) is 0 Å². The zero-order valence-corrected chi connectivity index (χ0v) is 13.9. The first-order valence-electron chi connectivity index (χ1n) is 8.00. The van der Waals surface area contributed by atoms with E-state index in [2.05, 4.69) is 11.9 Å². The van der Waals surface area contributed by atoms with Crippen LogP contribution < -0.4 is 9.47 Å². The molecule has 0 amide bonds. The summed E-state index contributed by atoms with van der Waals surface area (Å²) in [5.41, 5.74) is 0.0802. The third kappa shape index (κ3) is 3.12. The Morgan fingerprint density at radius 3 is 2.55 bits per heavy atom. The fourth-order valence-corrected chi connectivity index (χ4v) is 3.20. The van der Waals surface area contributed by atoms with Crippen molar-refractivity contribution in [1.82, 2.24) is 4.90 Å². The van der Waals surface area contributed by atoms with Crippen LogP contribution in [0.1, 0.15) is 50.4 Å². The molecule has 1 fully saturated rings. The Bertz CT molecular complexity index is 580. The van der Waals surface area contributed by atoms with Gasteiger partial charge in [-0.25, -0.2) is 0 Å². The number of ether oxygens (including phenoxy) is 2. The molecule has 1 spiro atoms. The van der Waals surface area contributed by atoms with Crippen molar-refractivity contribution in [3.8, 4) is 11.5 Å². The fraction of sp³-hybridized carbons (Fsp3) is 0.611. The van der Waals surface area contributed by atoms with Gasteiger partial charge in [0.05, 0.1) is 12.0 Å². The number of carbonyl (C=O) groups is 1. The van der Waals surface area contributed by atoms with Gasteiger partial charge in [-0.2, -0.15) is 0 Å². The molecule has 0 aliphatic carbocycles. The van der Waals surface area contributed by atoms with E-state index in [1.54, 1.807) is 0 Å². The van der Waals surface area contributed by atoms with Crippen LogP contribution in [0.2, 0.25) is 0 Å². The van der Waals surface area contributed by atoms with Crippen LogP contribution in [0.5, 0.6) is 11.5 Å². The standard InChI is InChI=1S/C18H25NO3/c1-17(2,3)21-13-5-6-16-14(11-13)15(20)12-18(22-16)7-9-19(4)10-8-18/h5-6,11H,7-10,12H2,1-4H3. The third-order valence-electron chi connectivity index (χ3n) is 4.38. The average molecular weight is 303 g/mol. The van der Waals surface area contributed by atoms with Crippen LogP contribution >= 0.6 is 0 Å². The van der Waals surface area contributed by atoms with Crippen LogP contribution in [0.15, 0.2) is 18.2 Å². The van der Waals surface area contributed by atoms with Crippen LogP contribution in [-0.2, 0) is 0 Å². The highest BCUT2D eigenvalue weighted by molar-refractivity contribution is 6.00. The van der Waals surface area contributed by atoms with Gasteiger partial charge in [0.25, 0.3) is 0 Å². The Balaban J connectivity index is 1.84. The first-order valence-corrected chi connectivity index (χ1v) is 8.00. The monoisotopic (exact) mass is 303 g/mol. The smallest absolute Gasteiger partial charge is 0.170 e. The molecule has 1 aromatic carbocycles. The molecule has 2 aliphatic heterocycles. The molecule has 4 nitrogen and oxygen atoms in total. The van der Waals surface area contributed by atoms with E-state index in [1.165, 1.54) is 0 Å². The summed E-state index contributed by atoms with van der Waals surface area (Å²) < 4.78 is 12.1. The number of carbonyl (C=O) groups excluding carboxylic acids is 1. The maximum atomic E-state index is 12.6. The SMILES string of the molecule is CN1CCC2(CC1)CC(=O)c1cc(OC(C)(C)C)ccc1O2. The van der Waals surface area contributed by atoms with E-state index >= 15 is 0 Å². The Kier molecular flexibility index (Phi) is 3.68. The lowest BCUT2D eigenvalue weighted by molar-refractivity contribution is -0.00386. The van der Waals surface area contributed by atoms with E-state index in [4.69, 9.17) is 9.47 Å². The molecule has 0 atom stereocenters. The van der Waals surface area contributed by atoms with Crippen molar-refractivity contribution in [3.63, 3.8) is 0 Å². The highest BCUT2D eigenvalue weighted by atomic mass is 16.5. The maximum absolute atomic E-state index is 12.6. The molecule has 0 aromatic heterocycles. The molecule has 1 aromatic rings. The predicted molar refractivity (Wildman–Crippen MR) is 85.9 cm³/mol. The van der Waals surface area contributed by atoms with Crippen molar-refractivity contribution in [3.05, 3.63) is 23.8 Å². The van der Waals surface area contributed by atoms with Gasteiger partial charge in [0.1, 0.15) is 22.7 Å². The van der Waals surface area contributed by atoms with E-state index in [0.29, 0.717) is 17.7 Å². The molecular formula is C18H25NO3. The molecule has 0 bridgehead atoms. The Labute approximate surface area is 132 Å². The van der Waals surface area contributed by atoms with E-state index in [9.17, 15) is 4.79 Å². The van der Waals surface area contributed by atoms with Gasteiger partial charge in [0, 0.05) is 25.9 Å². The summed E-state index contributed by atoms with van der Waals surface area (Å²) in [7, 11) is 2.11. The molecule has 2 aliphatic rings. The third-order valence-corrected chi connectivity index (χ3v) is 4.38. The molecular weight excluding hydrogens is 278 g/mol. The van der Waals surface area contributed by atoms with Crippen LogP contribution in [0.4, 0.5) is 0 Å². The van der Waals surface area contributed by atoms with Crippen LogP contribution in [0.3, 0.4) is 0 Å². The average Bonchev–Trinajstić information content (AvgIpc) is 2.42. The Hall–Kier alpha value is -1.55. The number of likely N-dealkylation sites (tertiary alicyclic amines) is 1. The highest BCUT2D eigenvalue weighted by Gasteiger charge is 2.42. The number of fused-ring (bicyclic) bond motifs is 1. The molecule has 22 heavy (non-hydrogen) atoms. The van der Waals surface area contributed by atoms with Crippen LogP contribution in [0.25, 0.3) is 0 Å². The molecule has 0 N–H and O–H groups in total. The second kappa shape index (κ2) is 5.27. The van der Waals surface area contributed by atoms with E-state index in [0.717, 1.165) is 31.7 Å². The topological polar surface area (TPSA) is 38.8 Å². The summed E-state index contributed by atoms with van der Waals surface area (Å²) in [5, 5.41) is 0. The summed E-state index contributed by atoms with van der Waals surface area (Å²) in [5.74, 6) is 1.61. The van der Waals surface area contributed by atoms with Crippen molar-refractivity contribution in [2.45, 2.75) is 51.2 Å². The minimum Gasteiger partial charge on any atom is -0.488 e. The Morgan fingerprint density at radius 1 is 1.23 bits per heavy atom. The second-order valence-electron chi connectivity index (χ2n) is 7.56. The van der Waals surface area contributed by atoms with Gasteiger partial charge in [-0.05, 0) is 46.0 Å². The summed E-state index contributed by atoms with van der Waals surface area (Å²) in [6.07, 6.45) is 2.30. The molecule has 1 saturated heterocycles. The lowest BCUT2D eigenvalue weighted by Crippen LogP contribution is -2.50. The van der Waals surface area contributed by atoms with Gasteiger partial charge < -0.3 is 14.4 Å². The maximum Gasteiger partial charge on any atom is 0.170 e. The van der Waals surface area contributed by atoms with Gasteiger partial charge in [-0.3, -0.25) is 4.79 Å². The van der Waals surface area contributed by atoms with Gasteiger partial charge in [0.15, 0.2) is 5.78 Å². The fourth-order valence-electron chi connectivity index (χ4n) is 3.20. The molecule has 120 valence electrons. The molecule has 4 heteroatoms. The number of hydrogen-bond donors (Lipinski definition) is 0. The minimum absolute atomic E-state index is 0.171. The molecule has 2 heterocycles. The number of hydrogen-bond acceptors (Lipinski definition) is 4. The number of nitrogens with zero attached hydrogens (tertiary/aromatic N) is 1. The zero-order chi connectivity index (χ0) is 16.0. The highest BCUT2D eigenvalue weighted by Crippen LogP contribution is 2.40. The summed E-state index contributed by atoms with van der Waals surface area (Å²) in [4.78, 5) is 14.9. The van der Waals surface area contributed by atoms with E-state index in [-0.39, 0.29) is 17.0 Å². The predicted octanol–water partition coefficient (Wildman–Crippen LogP) is 3.29. The van der Waals surface area contributed by atoms with Crippen molar-refractivity contribution < 1.29 is 14.3 Å². The van der Waals surface area contributed by atoms with Gasteiger partial charge >= 0.3 is 0 Å². The molecule has 0 unspecified atom stereocenters. The second-order valence-corrected chi connectivity index (χ2v) is 7.56. The first kappa shape index (κ1) is 15.3. The number of piperidine rings is 1. The van der Waals surface area contributed by atoms with Crippen LogP contribution in [0, 0.1) is 0 Å². The largest absolute Gasteiger partial charge is 0.488 e. The van der Waals surface area contributed by atoms with E-state index < -0.39 is 0 Å². The summed E-state index contributed by atoms with van der Waals surface area (Å²) >= 11 is 0. The number of ketones is 1. The van der Waals surface area contributed by atoms with Crippen molar-refractivity contribution >= 4 is 5.78 Å². The number of Topliss-reactive ketones (excluding diaryl/α,β-unsaturated/α-hetero) is 1. The molecule has 0 radical (unpaired) electrons. The number of rotatable bonds is 1. The zero-order valence-electron chi connectivity index (χ0n) is 13.9. The van der Waals surface area contributed by atoms with Crippen molar-refractivity contribution in [2.24, 2.45) is 0 Å². The summed E-state index contributed by atoms with van der Waals surface area (Å²) in [6, 6.07) is 5.60. The first-order chi connectivity index (χ1) is 10.3. The summed E-state index contributed by atoms with van der Waals surface area (Å²) in [6.45, 7) is 7.95. The van der Waals surface area contributed by atoms with Gasteiger partial charge in [-0.15, -0.1) is 0 Å². The van der Waals surface area contributed by atoms with Gasteiger partial charge in [-0.1, -0.05) is 0 Å². The number of benzene rings is 1. The Morgan fingerprint density at radius 2 is 1.91 bits per heavy atom. The van der Waals surface area contributed by atoms with Crippen molar-refractivity contribution in [1.29, 1.82) is 0 Å². The normalized spacial score (nSPS) is 21.4. The lowest BCUT2D eigenvalue weighted by Gasteiger charge is -2.43. The molecule has 0 saturated carbocycles. The quantitative estimate of drug-likeness (QED) is 0.798. The molecule has 3 rings (SSSR count). The lowest BCUT2D eigenvalue weighted by atomic mass is 9.82. The van der Waals surface area contributed by atoms with Crippen molar-refractivity contribution in [2.75, 3.05) is 20.1 Å². The minimum atomic E-state index is -0.303. The van der Waals surface area contributed by atoms with Crippen LogP contribution in [-0.4, -0.2) is 42.0 Å².